The number of carbonyl (C=O) groups excluding carboxylic acids is 3. The van der Waals surface area contributed by atoms with E-state index < -0.39 is 12.0 Å². The van der Waals surface area contributed by atoms with Crippen LogP contribution in [0.4, 0.5) is 4.79 Å². The van der Waals surface area contributed by atoms with Crippen molar-refractivity contribution in [1.29, 1.82) is 0 Å². The number of piperazine rings is 1. The molecule has 0 aromatic heterocycles. The Kier molecular flexibility index (Phi) is 9.60. The van der Waals surface area contributed by atoms with Crippen LogP contribution in [0.15, 0.2) is 53.7 Å². The van der Waals surface area contributed by atoms with Crippen molar-refractivity contribution in [3.8, 4) is 5.75 Å². The number of rotatable bonds is 8. The van der Waals surface area contributed by atoms with Crippen molar-refractivity contribution in [1.82, 2.24) is 20.0 Å². The van der Waals surface area contributed by atoms with Crippen LogP contribution in [0, 0.1) is 0 Å². The van der Waals surface area contributed by atoms with Gasteiger partial charge >= 0.3 is 12.0 Å². The summed E-state index contributed by atoms with van der Waals surface area (Å²) in [6.45, 7) is 8.05. The molecule has 2 unspecified atom stereocenters. The van der Waals surface area contributed by atoms with E-state index in [2.05, 4.69) is 10.2 Å². The Labute approximate surface area is 244 Å². The van der Waals surface area contributed by atoms with Crippen LogP contribution in [0.2, 0.25) is 10.0 Å². The molecule has 2 aromatic carbocycles. The zero-order valence-electron chi connectivity index (χ0n) is 23.1. The van der Waals surface area contributed by atoms with Crippen LogP contribution in [-0.2, 0) is 9.53 Å². The molecule has 0 bridgehead atoms. The van der Waals surface area contributed by atoms with Gasteiger partial charge in [0.1, 0.15) is 5.75 Å². The van der Waals surface area contributed by atoms with Crippen molar-refractivity contribution < 1.29 is 23.9 Å². The average Bonchev–Trinajstić information content (AvgIpc) is 2.93. The molecule has 2 aliphatic heterocycles. The van der Waals surface area contributed by atoms with E-state index in [9.17, 15) is 14.4 Å². The number of carbonyl (C=O) groups is 3. The molecule has 11 heteroatoms. The van der Waals surface area contributed by atoms with E-state index in [1.807, 2.05) is 18.7 Å². The molecule has 2 heterocycles. The molecule has 9 nitrogen and oxygen atoms in total. The van der Waals surface area contributed by atoms with Gasteiger partial charge in [-0.15, -0.1) is 0 Å². The minimum Gasteiger partial charge on any atom is -0.497 e. The molecular weight excluding hydrogens is 555 g/mol. The number of hydrogen-bond donors (Lipinski definition) is 1. The fourth-order valence-corrected chi connectivity index (χ4v) is 5.76. The van der Waals surface area contributed by atoms with Crippen molar-refractivity contribution in [2.24, 2.45) is 0 Å². The zero-order valence-corrected chi connectivity index (χ0v) is 24.6. The van der Waals surface area contributed by atoms with Crippen LogP contribution in [-0.4, -0.2) is 85.1 Å². The van der Waals surface area contributed by atoms with Gasteiger partial charge in [-0.3, -0.25) is 14.6 Å². The quantitative estimate of drug-likeness (QED) is 0.447. The van der Waals surface area contributed by atoms with E-state index in [0.717, 1.165) is 0 Å². The Morgan fingerprint density at radius 2 is 1.88 bits per heavy atom. The van der Waals surface area contributed by atoms with Crippen LogP contribution < -0.4 is 10.1 Å². The number of urea groups is 1. The van der Waals surface area contributed by atoms with Crippen LogP contribution in [0.1, 0.15) is 42.7 Å². The fraction of sp³-hybridized carbons (Fsp3) is 0.414. The van der Waals surface area contributed by atoms with Crippen molar-refractivity contribution in [2.45, 2.75) is 32.9 Å². The number of nitrogens with zero attached hydrogens (tertiary/aromatic N) is 3. The molecule has 2 aromatic rings. The van der Waals surface area contributed by atoms with E-state index in [1.54, 1.807) is 61.4 Å². The molecule has 4 rings (SSSR count). The van der Waals surface area contributed by atoms with Gasteiger partial charge in [0.25, 0.3) is 5.91 Å². The molecule has 0 radical (unpaired) electrons. The Hall–Kier alpha value is -3.27. The molecule has 0 aliphatic carbocycles. The summed E-state index contributed by atoms with van der Waals surface area (Å²) in [5.74, 6) is 0.0372. The molecule has 0 spiro atoms. The first kappa shape index (κ1) is 29.7. The van der Waals surface area contributed by atoms with Gasteiger partial charge in [0.2, 0.25) is 0 Å². The van der Waals surface area contributed by atoms with E-state index in [1.165, 1.54) is 0 Å². The maximum absolute atomic E-state index is 13.4. The highest BCUT2D eigenvalue weighted by Crippen LogP contribution is 2.36. The summed E-state index contributed by atoms with van der Waals surface area (Å²) in [5, 5.41) is 3.71. The van der Waals surface area contributed by atoms with Crippen molar-refractivity contribution >= 4 is 41.1 Å². The maximum atomic E-state index is 13.4. The number of nitrogens with one attached hydrogen (secondary N) is 1. The first-order valence-corrected chi connectivity index (χ1v) is 14.0. The summed E-state index contributed by atoms with van der Waals surface area (Å²) in [7, 11) is 1.57. The number of halogens is 2. The Bertz CT molecular complexity index is 1320. The summed E-state index contributed by atoms with van der Waals surface area (Å²) in [5.41, 5.74) is 2.00. The molecule has 214 valence electrons. The van der Waals surface area contributed by atoms with E-state index in [4.69, 9.17) is 32.7 Å². The Morgan fingerprint density at radius 1 is 1.10 bits per heavy atom. The average molecular weight is 590 g/mol. The lowest BCUT2D eigenvalue weighted by Gasteiger charge is -2.43. The minimum atomic E-state index is -0.803. The second kappa shape index (κ2) is 12.9. The molecule has 1 N–H and O–H groups in total. The lowest BCUT2D eigenvalue weighted by Crippen LogP contribution is -2.56. The first-order valence-electron chi connectivity index (χ1n) is 13.3. The zero-order chi connectivity index (χ0) is 29.0. The van der Waals surface area contributed by atoms with Gasteiger partial charge in [-0.25, -0.2) is 9.59 Å². The van der Waals surface area contributed by atoms with Gasteiger partial charge in [-0.2, -0.15) is 0 Å². The highest BCUT2D eigenvalue weighted by molar-refractivity contribution is 6.35. The number of amides is 3. The first-order chi connectivity index (χ1) is 19.2. The molecule has 1 saturated heterocycles. The lowest BCUT2D eigenvalue weighted by molar-refractivity contribution is -0.139. The van der Waals surface area contributed by atoms with Gasteiger partial charge in [0, 0.05) is 60.1 Å². The maximum Gasteiger partial charge on any atom is 0.338 e. The number of esters is 1. The van der Waals surface area contributed by atoms with Gasteiger partial charge in [0.05, 0.1) is 25.3 Å². The second-order valence-corrected chi connectivity index (χ2v) is 10.5. The number of likely N-dealkylation sites (N-methyl/N-ethyl adjacent to an activating group) is 1. The van der Waals surface area contributed by atoms with Crippen molar-refractivity contribution in [3.63, 3.8) is 0 Å². The fourth-order valence-electron chi connectivity index (χ4n) is 5.24. The minimum absolute atomic E-state index is 0.0675. The van der Waals surface area contributed by atoms with E-state index >= 15 is 0 Å². The standard InChI is InChI=1S/C29H34Cl2N4O5/c1-5-34-24(17-33-12-13-35(18(3)16-33)27(36)19-8-7-9-21(14-19)39-4)25(28(37)40-6-2)26(32-29(34)38)22-11-10-20(30)15-23(22)31/h7-11,14-15,18,26H,5-6,12-13,16-17H2,1-4H3,(H,32,38). The number of benzene rings is 2. The third kappa shape index (κ3) is 6.22. The SMILES string of the molecule is CCOC(=O)C1=C(CN2CCN(C(=O)c3cccc(OC)c3)C(C)C2)N(CC)C(=O)NC1c1ccc(Cl)cc1Cl. The summed E-state index contributed by atoms with van der Waals surface area (Å²) in [4.78, 5) is 45.5. The highest BCUT2D eigenvalue weighted by Gasteiger charge is 2.40. The summed E-state index contributed by atoms with van der Waals surface area (Å²) in [6, 6.07) is 10.8. The molecule has 2 atom stereocenters. The largest absolute Gasteiger partial charge is 0.497 e. The summed E-state index contributed by atoms with van der Waals surface area (Å²) >= 11 is 12.6. The van der Waals surface area contributed by atoms with E-state index in [0.29, 0.717) is 70.9 Å². The molecule has 40 heavy (non-hydrogen) atoms. The molecule has 2 aliphatic rings. The summed E-state index contributed by atoms with van der Waals surface area (Å²) < 4.78 is 10.7. The second-order valence-electron chi connectivity index (χ2n) is 9.69. The predicted octanol–water partition coefficient (Wildman–Crippen LogP) is 4.75. The van der Waals surface area contributed by atoms with Crippen LogP contribution in [0.3, 0.4) is 0 Å². The van der Waals surface area contributed by atoms with Crippen molar-refractivity contribution in [3.05, 3.63) is 74.9 Å². The van der Waals surface area contributed by atoms with Crippen LogP contribution in [0.5, 0.6) is 5.75 Å². The molecule has 0 saturated carbocycles. The third-order valence-electron chi connectivity index (χ3n) is 7.19. The summed E-state index contributed by atoms with van der Waals surface area (Å²) in [6.07, 6.45) is 0. The van der Waals surface area contributed by atoms with Gasteiger partial charge in [-0.05, 0) is 56.7 Å². The Morgan fingerprint density at radius 3 is 2.52 bits per heavy atom. The monoisotopic (exact) mass is 588 g/mol. The third-order valence-corrected chi connectivity index (χ3v) is 7.75. The normalized spacial score (nSPS) is 19.9. The van der Waals surface area contributed by atoms with Crippen molar-refractivity contribution in [2.75, 3.05) is 46.4 Å². The lowest BCUT2D eigenvalue weighted by atomic mass is 9.94. The van der Waals surface area contributed by atoms with Crippen LogP contribution in [0.25, 0.3) is 0 Å². The van der Waals surface area contributed by atoms with E-state index in [-0.39, 0.29) is 24.6 Å². The van der Waals surface area contributed by atoms with Gasteiger partial charge in [-0.1, -0.05) is 35.3 Å². The Balaban J connectivity index is 1.64. The smallest absolute Gasteiger partial charge is 0.338 e. The topological polar surface area (TPSA) is 91.4 Å². The molecule has 3 amide bonds. The highest BCUT2D eigenvalue weighted by atomic mass is 35.5. The number of ether oxygens (including phenoxy) is 2. The van der Waals surface area contributed by atoms with Gasteiger partial charge < -0.3 is 19.7 Å². The molecule has 1 fully saturated rings. The molecular formula is C29H34Cl2N4O5. The number of hydrogen-bond acceptors (Lipinski definition) is 6. The van der Waals surface area contributed by atoms with Crippen LogP contribution >= 0.6 is 23.2 Å². The predicted molar refractivity (Wildman–Crippen MR) is 154 cm³/mol. The van der Waals surface area contributed by atoms with Gasteiger partial charge in [0.15, 0.2) is 0 Å². The number of methoxy groups -OCH3 is 1.